The molecule has 0 aliphatic carbocycles. The van der Waals surface area contributed by atoms with Crippen LogP contribution in [0.15, 0.2) is 54.6 Å². The third-order valence-electron chi connectivity index (χ3n) is 5.75. The number of nitrogens with one attached hydrogen (secondary N) is 3. The average molecular weight is 528 g/mol. The second-order valence-corrected chi connectivity index (χ2v) is 8.80. The lowest BCUT2D eigenvalue weighted by atomic mass is 9.91. The van der Waals surface area contributed by atoms with Gasteiger partial charge in [-0.3, -0.25) is 24.0 Å². The molecule has 0 radical (unpaired) electrons. The standard InChI is InChI=1S/C26H33N5O7/c1-28-14-21(33)30-23(19(26(37)38)12-16-6-4-3-5-7-16)25(36)31(2)15-22(34)29-20(24(27)35)13-17-8-10-18(32)11-9-17/h3-11,19-20,23,28,32H,12-15H2,1-2H3,(H2,27,35)(H,29,34)(H,30,33)(H,37,38)/t19?,20-,23-/m0/s1. The maximum atomic E-state index is 13.3. The van der Waals surface area contributed by atoms with E-state index in [2.05, 4.69) is 16.0 Å². The number of carboxylic acid groups (broad SMARTS) is 1. The highest BCUT2D eigenvalue weighted by atomic mass is 16.4. The molecular formula is C26H33N5O7. The number of aliphatic carboxylic acids is 1. The van der Waals surface area contributed by atoms with Gasteiger partial charge in [0.25, 0.3) is 0 Å². The minimum Gasteiger partial charge on any atom is -0.508 e. The molecule has 1 unspecified atom stereocenters. The van der Waals surface area contributed by atoms with E-state index in [-0.39, 0.29) is 25.1 Å². The van der Waals surface area contributed by atoms with Crippen molar-refractivity contribution in [3.05, 3.63) is 65.7 Å². The Morgan fingerprint density at radius 3 is 2.05 bits per heavy atom. The first-order chi connectivity index (χ1) is 18.0. The Labute approximate surface area is 220 Å². The van der Waals surface area contributed by atoms with Gasteiger partial charge in [-0.1, -0.05) is 42.5 Å². The van der Waals surface area contributed by atoms with Gasteiger partial charge < -0.3 is 36.8 Å². The molecule has 38 heavy (non-hydrogen) atoms. The number of phenolic OH excluding ortho intramolecular Hbond substituents is 1. The summed E-state index contributed by atoms with van der Waals surface area (Å²) < 4.78 is 0. The largest absolute Gasteiger partial charge is 0.508 e. The number of benzene rings is 2. The number of amides is 4. The van der Waals surface area contributed by atoms with Crippen LogP contribution in [0.4, 0.5) is 0 Å². The maximum Gasteiger partial charge on any atom is 0.309 e. The van der Waals surface area contributed by atoms with Crippen LogP contribution < -0.4 is 21.7 Å². The van der Waals surface area contributed by atoms with Crippen molar-refractivity contribution >= 4 is 29.6 Å². The second-order valence-electron chi connectivity index (χ2n) is 8.80. The Balaban J connectivity index is 2.16. The Morgan fingerprint density at radius 1 is 0.895 bits per heavy atom. The van der Waals surface area contributed by atoms with Crippen molar-refractivity contribution in [2.45, 2.75) is 24.9 Å². The molecule has 12 heteroatoms. The van der Waals surface area contributed by atoms with E-state index in [0.29, 0.717) is 11.1 Å². The van der Waals surface area contributed by atoms with Gasteiger partial charge in [0.05, 0.1) is 19.0 Å². The van der Waals surface area contributed by atoms with Crippen molar-refractivity contribution in [3.63, 3.8) is 0 Å². The first-order valence-electron chi connectivity index (χ1n) is 11.8. The van der Waals surface area contributed by atoms with Gasteiger partial charge in [0, 0.05) is 13.5 Å². The fourth-order valence-corrected chi connectivity index (χ4v) is 3.80. The van der Waals surface area contributed by atoms with Crippen LogP contribution in [-0.2, 0) is 36.8 Å². The number of rotatable bonds is 14. The third-order valence-corrected chi connectivity index (χ3v) is 5.75. The minimum atomic E-state index is -1.46. The summed E-state index contributed by atoms with van der Waals surface area (Å²) >= 11 is 0. The highest BCUT2D eigenvalue weighted by molar-refractivity contribution is 5.95. The number of hydrogen-bond acceptors (Lipinski definition) is 7. The van der Waals surface area contributed by atoms with Gasteiger partial charge in [-0.05, 0) is 36.7 Å². The van der Waals surface area contributed by atoms with Gasteiger partial charge in [-0.2, -0.15) is 0 Å². The van der Waals surface area contributed by atoms with Crippen molar-refractivity contribution in [1.29, 1.82) is 0 Å². The number of nitrogens with two attached hydrogens (primary N) is 1. The van der Waals surface area contributed by atoms with Crippen LogP contribution in [0.3, 0.4) is 0 Å². The van der Waals surface area contributed by atoms with Gasteiger partial charge in [-0.25, -0.2) is 0 Å². The van der Waals surface area contributed by atoms with Crippen LogP contribution in [0.1, 0.15) is 11.1 Å². The predicted octanol–water partition coefficient (Wildman–Crippen LogP) is -0.989. The van der Waals surface area contributed by atoms with Gasteiger partial charge >= 0.3 is 5.97 Å². The van der Waals surface area contributed by atoms with Crippen LogP contribution in [0.5, 0.6) is 5.75 Å². The van der Waals surface area contributed by atoms with Crippen LogP contribution in [-0.4, -0.2) is 84.0 Å². The number of primary amides is 1. The summed E-state index contributed by atoms with van der Waals surface area (Å²) in [6.07, 6.45) is 0.0166. The minimum absolute atomic E-state index is 0.0387. The Morgan fingerprint density at radius 2 is 1.50 bits per heavy atom. The summed E-state index contributed by atoms with van der Waals surface area (Å²) in [5.41, 5.74) is 6.71. The Bertz CT molecular complexity index is 1120. The smallest absolute Gasteiger partial charge is 0.309 e. The molecule has 2 aromatic carbocycles. The normalized spacial score (nSPS) is 13.0. The molecule has 0 bridgehead atoms. The maximum absolute atomic E-state index is 13.3. The second kappa shape index (κ2) is 14.3. The van der Waals surface area contributed by atoms with E-state index < -0.39 is 54.1 Å². The zero-order valence-corrected chi connectivity index (χ0v) is 21.2. The summed E-state index contributed by atoms with van der Waals surface area (Å²) in [6.45, 7) is -0.669. The molecule has 2 rings (SSSR count). The van der Waals surface area contributed by atoms with E-state index in [0.717, 1.165) is 4.90 Å². The number of aromatic hydroxyl groups is 1. The number of hydrogen-bond donors (Lipinski definition) is 6. The number of carbonyl (C=O) groups excluding carboxylic acids is 4. The SMILES string of the molecule is CNCC(=O)N[C@H](C(=O)N(C)CC(=O)N[C@@H](Cc1ccc(O)cc1)C(N)=O)C(Cc1ccccc1)C(=O)O. The third kappa shape index (κ3) is 9.21. The van der Waals surface area contributed by atoms with Crippen molar-refractivity contribution < 1.29 is 34.2 Å². The number of likely N-dealkylation sites (N-methyl/N-ethyl adjacent to an activating group) is 2. The van der Waals surface area contributed by atoms with Crippen LogP contribution in [0, 0.1) is 5.92 Å². The summed E-state index contributed by atoms with van der Waals surface area (Å²) in [5, 5.41) is 26.9. The molecule has 0 spiro atoms. The van der Waals surface area contributed by atoms with E-state index >= 15 is 0 Å². The number of carboxylic acids is 1. The van der Waals surface area contributed by atoms with E-state index in [1.807, 2.05) is 0 Å². The van der Waals surface area contributed by atoms with Crippen molar-refractivity contribution in [2.75, 3.05) is 27.2 Å². The first-order valence-corrected chi connectivity index (χ1v) is 11.8. The topological polar surface area (TPSA) is 191 Å². The van der Waals surface area contributed by atoms with E-state index in [9.17, 15) is 34.2 Å². The van der Waals surface area contributed by atoms with Gasteiger partial charge in [-0.15, -0.1) is 0 Å². The van der Waals surface area contributed by atoms with Crippen LogP contribution >= 0.6 is 0 Å². The zero-order chi connectivity index (χ0) is 28.2. The average Bonchev–Trinajstić information content (AvgIpc) is 2.87. The van der Waals surface area contributed by atoms with E-state index in [1.165, 1.54) is 26.2 Å². The van der Waals surface area contributed by atoms with Crippen molar-refractivity contribution in [3.8, 4) is 5.75 Å². The van der Waals surface area contributed by atoms with Crippen LogP contribution in [0.25, 0.3) is 0 Å². The fourth-order valence-electron chi connectivity index (χ4n) is 3.80. The summed E-state index contributed by atoms with van der Waals surface area (Å²) in [6, 6.07) is 12.1. The molecule has 204 valence electrons. The highest BCUT2D eigenvalue weighted by Gasteiger charge is 2.37. The molecule has 0 saturated carbocycles. The van der Waals surface area contributed by atoms with Crippen molar-refractivity contribution in [2.24, 2.45) is 11.7 Å². The van der Waals surface area contributed by atoms with Gasteiger partial charge in [0.2, 0.25) is 23.6 Å². The monoisotopic (exact) mass is 527 g/mol. The van der Waals surface area contributed by atoms with Crippen LogP contribution in [0.2, 0.25) is 0 Å². The summed E-state index contributed by atoms with van der Waals surface area (Å²) in [4.78, 5) is 63.4. The summed E-state index contributed by atoms with van der Waals surface area (Å²) in [5.74, 6) is -5.46. The molecule has 3 atom stereocenters. The highest BCUT2D eigenvalue weighted by Crippen LogP contribution is 2.16. The number of nitrogens with zero attached hydrogens (tertiary/aromatic N) is 1. The lowest BCUT2D eigenvalue weighted by Gasteiger charge is -2.29. The first kappa shape index (κ1) is 29.8. The van der Waals surface area contributed by atoms with Gasteiger partial charge in [0.15, 0.2) is 0 Å². The zero-order valence-electron chi connectivity index (χ0n) is 21.2. The number of phenols is 1. The van der Waals surface area contributed by atoms with E-state index in [1.54, 1.807) is 42.5 Å². The molecule has 0 aliphatic rings. The molecule has 4 amide bonds. The fraction of sp³-hybridized carbons (Fsp3) is 0.346. The Kier molecular flexibility index (Phi) is 11.2. The molecule has 0 saturated heterocycles. The molecule has 7 N–H and O–H groups in total. The molecule has 0 fully saturated rings. The van der Waals surface area contributed by atoms with E-state index in [4.69, 9.17) is 5.73 Å². The molecule has 0 aromatic heterocycles. The summed E-state index contributed by atoms with van der Waals surface area (Å²) in [7, 11) is 2.82. The quantitative estimate of drug-likeness (QED) is 0.180. The molecule has 12 nitrogen and oxygen atoms in total. The lowest BCUT2D eigenvalue weighted by molar-refractivity contribution is -0.149. The van der Waals surface area contributed by atoms with Crippen molar-refractivity contribution in [1.82, 2.24) is 20.9 Å². The molecular weight excluding hydrogens is 494 g/mol. The lowest BCUT2D eigenvalue weighted by Crippen LogP contribution is -2.57. The van der Waals surface area contributed by atoms with Gasteiger partial charge in [0.1, 0.15) is 17.8 Å². The Hall–Kier alpha value is -4.45. The molecule has 0 heterocycles. The predicted molar refractivity (Wildman–Crippen MR) is 138 cm³/mol. The number of carbonyl (C=O) groups is 5. The molecule has 0 aliphatic heterocycles. The molecule has 2 aromatic rings.